The summed E-state index contributed by atoms with van der Waals surface area (Å²) >= 11 is 0. The first-order chi connectivity index (χ1) is 11.8. The summed E-state index contributed by atoms with van der Waals surface area (Å²) in [6, 6.07) is 1.12. The second-order valence-electron chi connectivity index (χ2n) is 5.59. The van der Waals surface area contributed by atoms with Crippen molar-refractivity contribution in [1.29, 1.82) is 0 Å². The molecule has 2 rings (SSSR count). The van der Waals surface area contributed by atoms with Gasteiger partial charge in [0.05, 0.1) is 29.8 Å². The lowest BCUT2D eigenvalue weighted by molar-refractivity contribution is -0.385. The molecule has 0 fully saturated rings. The number of nitro groups is 1. The fraction of sp³-hybridized carbons (Fsp3) is 0.312. The van der Waals surface area contributed by atoms with Gasteiger partial charge >= 0.3 is 0 Å². The van der Waals surface area contributed by atoms with E-state index in [-0.39, 0.29) is 17.1 Å². The van der Waals surface area contributed by atoms with Crippen LogP contribution in [0.4, 0.5) is 11.5 Å². The van der Waals surface area contributed by atoms with E-state index in [9.17, 15) is 14.9 Å². The Morgan fingerprint density at radius 3 is 2.60 bits per heavy atom. The number of nitrogens with two attached hydrogens (primary N) is 1. The maximum atomic E-state index is 11.7. The first kappa shape index (κ1) is 18.1. The Bertz CT molecular complexity index is 838. The molecule has 0 saturated carbocycles. The van der Waals surface area contributed by atoms with E-state index in [1.165, 1.54) is 0 Å². The van der Waals surface area contributed by atoms with Crippen molar-refractivity contribution in [2.24, 2.45) is 5.73 Å². The van der Waals surface area contributed by atoms with Gasteiger partial charge in [-0.1, -0.05) is 0 Å². The highest BCUT2D eigenvalue weighted by atomic mass is 16.6. The highest BCUT2D eigenvalue weighted by Gasteiger charge is 2.20. The zero-order chi connectivity index (χ0) is 18.7. The Balaban J connectivity index is 2.40. The standard InChI is InChI=1S/C16H19N5O4/c1-9-6-18-13(10(2)14(9)25-4)8-20(3)16-12(15(17)22)5-11(7-19-16)21(23)24/h5-7H,8H2,1-4H3,(H2,17,22). The molecule has 9 nitrogen and oxygen atoms in total. The minimum Gasteiger partial charge on any atom is -0.496 e. The van der Waals surface area contributed by atoms with Crippen molar-refractivity contribution in [3.05, 3.63) is 51.0 Å². The predicted octanol–water partition coefficient (Wildman–Crippen LogP) is 1.75. The number of primary amides is 1. The van der Waals surface area contributed by atoms with Gasteiger partial charge in [-0.25, -0.2) is 4.98 Å². The molecule has 0 aromatic carbocycles. The number of pyridine rings is 2. The molecule has 2 aromatic heterocycles. The number of aromatic nitrogens is 2. The maximum absolute atomic E-state index is 11.7. The second-order valence-corrected chi connectivity index (χ2v) is 5.59. The highest BCUT2D eigenvalue weighted by Crippen LogP contribution is 2.27. The van der Waals surface area contributed by atoms with E-state index in [1.54, 1.807) is 25.3 Å². The van der Waals surface area contributed by atoms with Crippen LogP contribution in [0.3, 0.4) is 0 Å². The van der Waals surface area contributed by atoms with E-state index in [0.717, 1.165) is 34.8 Å². The Morgan fingerprint density at radius 2 is 2.04 bits per heavy atom. The van der Waals surface area contributed by atoms with Crippen LogP contribution in [-0.2, 0) is 6.54 Å². The second kappa shape index (κ2) is 7.12. The number of aryl methyl sites for hydroxylation is 1. The molecule has 1 amide bonds. The molecule has 0 aliphatic heterocycles. The molecular weight excluding hydrogens is 326 g/mol. The topological polar surface area (TPSA) is 124 Å². The maximum Gasteiger partial charge on any atom is 0.288 e. The number of anilines is 1. The van der Waals surface area contributed by atoms with Gasteiger partial charge in [0.25, 0.3) is 11.6 Å². The van der Waals surface area contributed by atoms with Gasteiger partial charge in [-0.2, -0.15) is 0 Å². The third-order valence-electron chi connectivity index (χ3n) is 3.83. The number of hydrogen-bond donors (Lipinski definition) is 1. The van der Waals surface area contributed by atoms with Gasteiger partial charge in [-0.3, -0.25) is 19.9 Å². The van der Waals surface area contributed by atoms with Crippen molar-refractivity contribution in [1.82, 2.24) is 9.97 Å². The molecule has 0 bridgehead atoms. The quantitative estimate of drug-likeness (QED) is 0.624. The molecule has 25 heavy (non-hydrogen) atoms. The lowest BCUT2D eigenvalue weighted by Gasteiger charge is -2.21. The van der Waals surface area contributed by atoms with Crippen LogP contribution < -0.4 is 15.4 Å². The van der Waals surface area contributed by atoms with Gasteiger partial charge in [0, 0.05) is 30.4 Å². The summed E-state index contributed by atoms with van der Waals surface area (Å²) in [5.41, 5.74) is 7.56. The minimum atomic E-state index is -0.788. The van der Waals surface area contributed by atoms with E-state index in [0.29, 0.717) is 6.54 Å². The van der Waals surface area contributed by atoms with Crippen LogP contribution in [0, 0.1) is 24.0 Å². The average molecular weight is 345 g/mol. The van der Waals surface area contributed by atoms with Crippen LogP contribution in [0.15, 0.2) is 18.5 Å². The molecule has 0 saturated heterocycles. The summed E-state index contributed by atoms with van der Waals surface area (Å²) in [5.74, 6) is 0.202. The third-order valence-corrected chi connectivity index (χ3v) is 3.83. The minimum absolute atomic E-state index is 0.0200. The molecule has 132 valence electrons. The zero-order valence-electron chi connectivity index (χ0n) is 14.4. The fourth-order valence-corrected chi connectivity index (χ4v) is 2.56. The Kier molecular flexibility index (Phi) is 5.16. The van der Waals surface area contributed by atoms with E-state index >= 15 is 0 Å². The number of nitrogens with zero attached hydrogens (tertiary/aromatic N) is 4. The van der Waals surface area contributed by atoms with Crippen LogP contribution in [0.5, 0.6) is 5.75 Å². The van der Waals surface area contributed by atoms with Crippen LogP contribution in [0.2, 0.25) is 0 Å². The molecule has 2 heterocycles. The number of methoxy groups -OCH3 is 1. The van der Waals surface area contributed by atoms with Crippen molar-refractivity contribution < 1.29 is 14.5 Å². The summed E-state index contributed by atoms with van der Waals surface area (Å²) in [6.45, 7) is 4.11. The van der Waals surface area contributed by atoms with Crippen molar-refractivity contribution in [2.45, 2.75) is 20.4 Å². The number of ether oxygens (including phenoxy) is 1. The van der Waals surface area contributed by atoms with Crippen LogP contribution >= 0.6 is 0 Å². The molecule has 0 aliphatic rings. The van der Waals surface area contributed by atoms with Gasteiger partial charge < -0.3 is 15.4 Å². The van der Waals surface area contributed by atoms with Gasteiger partial charge in [0.2, 0.25) is 0 Å². The van der Waals surface area contributed by atoms with Gasteiger partial charge in [0.1, 0.15) is 17.8 Å². The van der Waals surface area contributed by atoms with E-state index in [1.807, 2.05) is 13.8 Å². The van der Waals surface area contributed by atoms with E-state index in [4.69, 9.17) is 10.5 Å². The SMILES string of the molecule is COc1c(C)cnc(CN(C)c2ncc([N+](=O)[O-])cc2C(N)=O)c1C. The number of carbonyl (C=O) groups is 1. The van der Waals surface area contributed by atoms with Gasteiger partial charge in [0.15, 0.2) is 0 Å². The summed E-state index contributed by atoms with van der Waals surface area (Å²) in [5, 5.41) is 10.9. The van der Waals surface area contributed by atoms with Gasteiger partial charge in [-0.05, 0) is 13.8 Å². The summed E-state index contributed by atoms with van der Waals surface area (Å²) < 4.78 is 5.38. The Hall–Kier alpha value is -3.23. The monoisotopic (exact) mass is 345 g/mol. The van der Waals surface area contributed by atoms with Crippen molar-refractivity contribution in [3.63, 3.8) is 0 Å². The highest BCUT2D eigenvalue weighted by molar-refractivity contribution is 5.98. The van der Waals surface area contributed by atoms with Crippen molar-refractivity contribution >= 4 is 17.4 Å². The number of rotatable bonds is 6. The van der Waals surface area contributed by atoms with Crippen LogP contribution in [0.25, 0.3) is 0 Å². The number of carbonyl (C=O) groups excluding carboxylic acids is 1. The Labute approximate surface area is 144 Å². The van der Waals surface area contributed by atoms with Crippen LogP contribution in [0.1, 0.15) is 27.2 Å². The lowest BCUT2D eigenvalue weighted by atomic mass is 10.1. The molecule has 0 unspecified atom stereocenters. The van der Waals surface area contributed by atoms with Gasteiger partial charge in [-0.15, -0.1) is 0 Å². The van der Waals surface area contributed by atoms with Crippen LogP contribution in [-0.4, -0.2) is 35.0 Å². The lowest BCUT2D eigenvalue weighted by Crippen LogP contribution is -2.24. The molecule has 2 aromatic rings. The summed E-state index contributed by atoms with van der Waals surface area (Å²) in [4.78, 5) is 32.0. The molecule has 2 N–H and O–H groups in total. The van der Waals surface area contributed by atoms with Crippen molar-refractivity contribution in [3.8, 4) is 5.75 Å². The predicted molar refractivity (Wildman–Crippen MR) is 91.8 cm³/mol. The average Bonchev–Trinajstić information content (AvgIpc) is 2.57. The number of hydrogen-bond acceptors (Lipinski definition) is 7. The normalized spacial score (nSPS) is 10.4. The third kappa shape index (κ3) is 3.65. The van der Waals surface area contributed by atoms with Crippen molar-refractivity contribution in [2.75, 3.05) is 19.1 Å². The molecule has 0 aliphatic carbocycles. The van der Waals surface area contributed by atoms with E-state index in [2.05, 4.69) is 9.97 Å². The summed E-state index contributed by atoms with van der Waals surface area (Å²) in [7, 11) is 3.29. The molecular formula is C16H19N5O4. The molecule has 0 atom stereocenters. The zero-order valence-corrected chi connectivity index (χ0v) is 14.4. The Morgan fingerprint density at radius 1 is 1.36 bits per heavy atom. The smallest absolute Gasteiger partial charge is 0.288 e. The number of amides is 1. The summed E-state index contributed by atoms with van der Waals surface area (Å²) in [6.07, 6.45) is 2.79. The first-order valence-electron chi connectivity index (χ1n) is 7.40. The first-order valence-corrected chi connectivity index (χ1v) is 7.40. The largest absolute Gasteiger partial charge is 0.496 e. The molecule has 0 spiro atoms. The fourth-order valence-electron chi connectivity index (χ4n) is 2.56. The van der Waals surface area contributed by atoms with E-state index < -0.39 is 10.8 Å². The molecule has 9 heteroatoms. The molecule has 0 radical (unpaired) electrons.